The largest absolute Gasteiger partial charge is 0.398 e. The minimum Gasteiger partial charge on any atom is -0.398 e. The van der Waals surface area contributed by atoms with Gasteiger partial charge in [0.25, 0.3) is 0 Å². The number of aromatic amines is 1. The highest BCUT2D eigenvalue weighted by Crippen LogP contribution is 2.45. The predicted octanol–water partition coefficient (Wildman–Crippen LogP) is 2.25. The van der Waals surface area contributed by atoms with Gasteiger partial charge in [-0.2, -0.15) is 5.10 Å². The number of halogens is 2. The van der Waals surface area contributed by atoms with Crippen molar-refractivity contribution >= 4 is 45.7 Å². The van der Waals surface area contributed by atoms with Gasteiger partial charge in [0.2, 0.25) is 5.91 Å². The molecule has 0 aliphatic carbocycles. The summed E-state index contributed by atoms with van der Waals surface area (Å²) in [6, 6.07) is 1.64. The van der Waals surface area contributed by atoms with Gasteiger partial charge in [0.05, 0.1) is 28.3 Å². The van der Waals surface area contributed by atoms with Crippen LogP contribution in [0.4, 0.5) is 5.69 Å². The molecule has 1 aliphatic heterocycles. The van der Waals surface area contributed by atoms with Crippen LogP contribution in [0.25, 0.3) is 22.0 Å². The van der Waals surface area contributed by atoms with E-state index in [2.05, 4.69) is 10.2 Å². The number of benzene rings is 1. The number of carbonyl (C=O) groups excluding carboxylic acids is 1. The van der Waals surface area contributed by atoms with Crippen LogP contribution in [0.1, 0.15) is 5.69 Å². The fourth-order valence-corrected chi connectivity index (χ4v) is 3.92. The summed E-state index contributed by atoms with van der Waals surface area (Å²) in [7, 11) is 0. The monoisotopic (exact) mass is 379 g/mol. The lowest BCUT2D eigenvalue weighted by atomic mass is 10.0. The Morgan fingerprint density at radius 2 is 2.20 bits per heavy atom. The quantitative estimate of drug-likeness (QED) is 0.594. The van der Waals surface area contributed by atoms with Gasteiger partial charge in [-0.15, -0.1) is 0 Å². The smallest absolute Gasteiger partial charge is 0.248 e. The molecule has 0 saturated carbocycles. The Kier molecular flexibility index (Phi) is 3.87. The fourth-order valence-electron chi connectivity index (χ4n) is 3.47. The van der Waals surface area contributed by atoms with Gasteiger partial charge in [-0.3, -0.25) is 9.89 Å². The molecule has 130 valence electrons. The number of amides is 1. The van der Waals surface area contributed by atoms with Gasteiger partial charge in [-0.05, 0) is 6.07 Å². The minimum absolute atomic E-state index is 0.313. The molecule has 4 N–H and O–H groups in total. The van der Waals surface area contributed by atoms with E-state index in [1.165, 1.54) is 0 Å². The van der Waals surface area contributed by atoms with Crippen molar-refractivity contribution in [2.24, 2.45) is 0 Å². The molecule has 0 atom stereocenters. The predicted molar refractivity (Wildman–Crippen MR) is 96.5 cm³/mol. The summed E-state index contributed by atoms with van der Waals surface area (Å²) in [5.41, 5.74) is 10.1. The van der Waals surface area contributed by atoms with Gasteiger partial charge < -0.3 is 20.3 Å². The number of fused-ring (bicyclic) bond motifs is 3. The van der Waals surface area contributed by atoms with E-state index >= 15 is 0 Å². The number of nitrogen functional groups attached to an aromatic ring is 1. The van der Waals surface area contributed by atoms with Gasteiger partial charge in [0.1, 0.15) is 6.61 Å². The second kappa shape index (κ2) is 5.94. The summed E-state index contributed by atoms with van der Waals surface area (Å²) >= 11 is 12.7. The number of hydrogen-bond acceptors (Lipinski definition) is 4. The highest BCUT2D eigenvalue weighted by molar-refractivity contribution is 6.46. The van der Waals surface area contributed by atoms with Crippen LogP contribution >= 0.6 is 23.2 Å². The van der Waals surface area contributed by atoms with Crippen molar-refractivity contribution in [2.45, 2.75) is 13.1 Å². The van der Waals surface area contributed by atoms with Crippen LogP contribution in [-0.4, -0.2) is 43.8 Å². The summed E-state index contributed by atoms with van der Waals surface area (Å²) in [5, 5.41) is 17.6. The summed E-state index contributed by atoms with van der Waals surface area (Å²) in [4.78, 5) is 13.6. The molecule has 3 aromatic rings. The molecule has 3 heterocycles. The molecule has 0 bridgehead atoms. The molecule has 9 heteroatoms. The zero-order valence-electron chi connectivity index (χ0n) is 13.1. The number of hydrogen-bond donors (Lipinski definition) is 3. The first-order valence-corrected chi connectivity index (χ1v) is 8.44. The Labute approximate surface area is 152 Å². The standard InChI is InChI=1S/C16H15Cl2N5O2/c17-9-3-10(19)14-13(8-4-20-21-5-8)11-6-22(12(25)7-24)1-2-23(11)16(14)15(9)18/h3-5,24H,1-2,6-7,19H2,(H,20,21). The molecule has 0 radical (unpaired) electrons. The van der Waals surface area contributed by atoms with E-state index in [0.29, 0.717) is 35.4 Å². The first-order chi connectivity index (χ1) is 12.0. The maximum atomic E-state index is 12.0. The van der Waals surface area contributed by atoms with E-state index in [1.807, 2.05) is 4.57 Å². The lowest BCUT2D eigenvalue weighted by Gasteiger charge is -2.29. The van der Waals surface area contributed by atoms with E-state index < -0.39 is 6.61 Å². The molecule has 1 aromatic carbocycles. The molecule has 7 nitrogen and oxygen atoms in total. The number of anilines is 1. The molecular weight excluding hydrogens is 365 g/mol. The number of nitrogens with two attached hydrogens (primary N) is 1. The molecule has 0 unspecified atom stereocenters. The maximum absolute atomic E-state index is 12.0. The molecule has 0 fully saturated rings. The van der Waals surface area contributed by atoms with E-state index in [-0.39, 0.29) is 5.91 Å². The van der Waals surface area contributed by atoms with Crippen molar-refractivity contribution in [2.75, 3.05) is 18.9 Å². The highest BCUT2D eigenvalue weighted by Gasteiger charge is 2.29. The van der Waals surface area contributed by atoms with Gasteiger partial charge in [0, 0.05) is 47.2 Å². The van der Waals surface area contributed by atoms with Crippen LogP contribution in [0.2, 0.25) is 10.0 Å². The Balaban J connectivity index is 2.05. The van der Waals surface area contributed by atoms with E-state index in [1.54, 1.807) is 23.4 Å². The highest BCUT2D eigenvalue weighted by atomic mass is 35.5. The average Bonchev–Trinajstić information content (AvgIpc) is 3.24. The second-order valence-corrected chi connectivity index (χ2v) is 6.70. The third kappa shape index (κ3) is 2.38. The van der Waals surface area contributed by atoms with Crippen molar-refractivity contribution in [3.63, 3.8) is 0 Å². The van der Waals surface area contributed by atoms with Crippen LogP contribution < -0.4 is 5.73 Å². The first-order valence-electron chi connectivity index (χ1n) is 7.69. The molecule has 2 aromatic heterocycles. The molecule has 0 saturated heterocycles. The summed E-state index contributed by atoms with van der Waals surface area (Å²) < 4.78 is 2.05. The Morgan fingerprint density at radius 1 is 1.40 bits per heavy atom. The lowest BCUT2D eigenvalue weighted by molar-refractivity contribution is -0.135. The third-order valence-electron chi connectivity index (χ3n) is 4.57. The number of H-pyrrole nitrogens is 1. The second-order valence-electron chi connectivity index (χ2n) is 5.92. The number of carbonyl (C=O) groups is 1. The van der Waals surface area contributed by atoms with Crippen LogP contribution in [0.15, 0.2) is 18.5 Å². The number of aliphatic hydroxyl groups excluding tert-OH is 1. The number of nitrogens with one attached hydrogen (secondary N) is 1. The Morgan fingerprint density at radius 3 is 2.88 bits per heavy atom. The summed E-state index contributed by atoms with van der Waals surface area (Å²) in [6.45, 7) is 0.844. The van der Waals surface area contributed by atoms with Gasteiger partial charge in [0.15, 0.2) is 0 Å². The number of rotatable bonds is 2. The van der Waals surface area contributed by atoms with Gasteiger partial charge >= 0.3 is 0 Å². The summed E-state index contributed by atoms with van der Waals surface area (Å²) in [5.74, 6) is -0.313. The van der Waals surface area contributed by atoms with Crippen molar-refractivity contribution < 1.29 is 9.90 Å². The number of nitrogens with zero attached hydrogens (tertiary/aromatic N) is 3. The average molecular weight is 380 g/mol. The molecule has 25 heavy (non-hydrogen) atoms. The minimum atomic E-state index is -0.518. The molecule has 1 aliphatic rings. The zero-order valence-corrected chi connectivity index (χ0v) is 14.6. The van der Waals surface area contributed by atoms with Crippen LogP contribution in [-0.2, 0) is 17.9 Å². The molecule has 4 rings (SSSR count). The summed E-state index contributed by atoms with van der Waals surface area (Å²) in [6.07, 6.45) is 3.47. The van der Waals surface area contributed by atoms with Crippen molar-refractivity contribution in [3.05, 3.63) is 34.2 Å². The SMILES string of the molecule is Nc1cc(Cl)c(Cl)c2c1c(-c1cn[nH]c1)c1n2CCN(C(=O)CO)C1. The van der Waals surface area contributed by atoms with Crippen molar-refractivity contribution in [1.82, 2.24) is 19.7 Å². The number of aliphatic hydroxyl groups is 1. The molecule has 1 amide bonds. The topological polar surface area (TPSA) is 100 Å². The Bertz CT molecular complexity index is 981. The van der Waals surface area contributed by atoms with Gasteiger partial charge in [-0.1, -0.05) is 23.2 Å². The van der Waals surface area contributed by atoms with Crippen LogP contribution in [0, 0.1) is 0 Å². The Hall–Kier alpha value is -2.22. The first kappa shape index (κ1) is 16.3. The van der Waals surface area contributed by atoms with E-state index in [9.17, 15) is 9.90 Å². The van der Waals surface area contributed by atoms with E-state index in [4.69, 9.17) is 28.9 Å². The lowest BCUT2D eigenvalue weighted by Crippen LogP contribution is -2.39. The third-order valence-corrected chi connectivity index (χ3v) is 5.35. The zero-order chi connectivity index (χ0) is 17.7. The number of aromatic nitrogens is 3. The van der Waals surface area contributed by atoms with Crippen LogP contribution in [0.5, 0.6) is 0 Å². The van der Waals surface area contributed by atoms with E-state index in [0.717, 1.165) is 27.7 Å². The van der Waals surface area contributed by atoms with Crippen molar-refractivity contribution in [1.29, 1.82) is 0 Å². The van der Waals surface area contributed by atoms with Gasteiger partial charge in [-0.25, -0.2) is 0 Å². The van der Waals surface area contributed by atoms with Crippen LogP contribution in [0.3, 0.4) is 0 Å². The fraction of sp³-hybridized carbons (Fsp3) is 0.250. The van der Waals surface area contributed by atoms with Crippen molar-refractivity contribution in [3.8, 4) is 11.1 Å². The molecular formula is C16H15Cl2N5O2. The maximum Gasteiger partial charge on any atom is 0.248 e. The normalized spacial score (nSPS) is 14.1. The molecule has 0 spiro atoms.